The van der Waals surface area contributed by atoms with E-state index in [1.807, 2.05) is 0 Å². The Bertz CT molecular complexity index is 383. The number of nitrogens with two attached hydrogens (primary N) is 1. The summed E-state index contributed by atoms with van der Waals surface area (Å²) in [5.41, 5.74) is 8.12. The number of aliphatic hydroxyl groups excluding tert-OH is 1. The van der Waals surface area contributed by atoms with Crippen molar-refractivity contribution in [3.05, 3.63) is 35.4 Å². The Kier molecular flexibility index (Phi) is 6.42. The third kappa shape index (κ3) is 4.85. The van der Waals surface area contributed by atoms with E-state index in [0.29, 0.717) is 19.8 Å². The van der Waals surface area contributed by atoms with Gasteiger partial charge in [0.1, 0.15) is 0 Å². The number of nitrogens with zero attached hydrogens (tertiary/aromatic N) is 2. The van der Waals surface area contributed by atoms with Crippen LogP contribution in [-0.4, -0.2) is 61.0 Å². The van der Waals surface area contributed by atoms with E-state index in [0.717, 1.165) is 32.8 Å². The predicted molar refractivity (Wildman–Crippen MR) is 79.1 cm³/mol. The van der Waals surface area contributed by atoms with Crippen LogP contribution < -0.4 is 5.73 Å². The van der Waals surface area contributed by atoms with Crippen LogP contribution in [-0.2, 0) is 17.8 Å². The summed E-state index contributed by atoms with van der Waals surface area (Å²) in [6, 6.07) is 8.53. The van der Waals surface area contributed by atoms with Crippen molar-refractivity contribution < 1.29 is 9.84 Å². The van der Waals surface area contributed by atoms with Crippen LogP contribution in [0.5, 0.6) is 0 Å². The van der Waals surface area contributed by atoms with Gasteiger partial charge in [0.15, 0.2) is 0 Å². The molecule has 0 unspecified atom stereocenters. The van der Waals surface area contributed by atoms with E-state index in [9.17, 15) is 0 Å². The Morgan fingerprint density at radius 2 is 1.75 bits per heavy atom. The van der Waals surface area contributed by atoms with E-state index in [2.05, 4.69) is 34.1 Å². The van der Waals surface area contributed by atoms with Crippen LogP contribution in [0.1, 0.15) is 11.1 Å². The van der Waals surface area contributed by atoms with Crippen molar-refractivity contribution in [2.75, 3.05) is 46.1 Å². The fraction of sp³-hybridized carbons (Fsp3) is 0.600. The van der Waals surface area contributed by atoms with Crippen molar-refractivity contribution in [1.29, 1.82) is 0 Å². The van der Waals surface area contributed by atoms with E-state index < -0.39 is 0 Å². The van der Waals surface area contributed by atoms with Gasteiger partial charge in [-0.2, -0.15) is 0 Å². The number of hydrogen-bond donors (Lipinski definition) is 2. The van der Waals surface area contributed by atoms with Gasteiger partial charge in [-0.05, 0) is 11.1 Å². The quantitative estimate of drug-likeness (QED) is 0.667. The van der Waals surface area contributed by atoms with Gasteiger partial charge in [-0.25, -0.2) is 0 Å². The lowest BCUT2D eigenvalue weighted by Gasteiger charge is -2.18. The molecule has 1 aliphatic rings. The number of ether oxygens (including phenoxy) is 1. The molecule has 0 spiro atoms. The van der Waals surface area contributed by atoms with Gasteiger partial charge in [-0.15, -0.1) is 0 Å². The largest absolute Gasteiger partial charge is 0.394 e. The summed E-state index contributed by atoms with van der Waals surface area (Å²) in [4.78, 5) is 4.81. The molecule has 1 aliphatic heterocycles. The maximum atomic E-state index is 8.65. The summed E-state index contributed by atoms with van der Waals surface area (Å²) in [6.45, 7) is 6.92. The van der Waals surface area contributed by atoms with Crippen LogP contribution in [0.15, 0.2) is 24.3 Å². The highest BCUT2D eigenvalue weighted by molar-refractivity contribution is 5.22. The van der Waals surface area contributed by atoms with Crippen LogP contribution in [0.25, 0.3) is 0 Å². The highest BCUT2D eigenvalue weighted by Gasteiger charge is 2.19. The summed E-state index contributed by atoms with van der Waals surface area (Å²) in [5, 5.41) is 8.65. The monoisotopic (exact) mass is 279 g/mol. The molecular weight excluding hydrogens is 254 g/mol. The average molecular weight is 279 g/mol. The third-order valence-electron chi connectivity index (χ3n) is 3.58. The van der Waals surface area contributed by atoms with Crippen molar-refractivity contribution in [3.8, 4) is 0 Å². The molecule has 1 saturated heterocycles. The molecule has 0 radical (unpaired) electrons. The number of rotatable bonds is 8. The van der Waals surface area contributed by atoms with E-state index in [-0.39, 0.29) is 6.61 Å². The molecule has 1 fully saturated rings. The van der Waals surface area contributed by atoms with Crippen molar-refractivity contribution in [2.24, 2.45) is 5.73 Å². The second kappa shape index (κ2) is 8.34. The predicted octanol–water partition coefficient (Wildman–Crippen LogP) is 0.229. The van der Waals surface area contributed by atoms with Crippen LogP contribution in [0.3, 0.4) is 0 Å². The molecule has 1 aromatic rings. The van der Waals surface area contributed by atoms with Crippen molar-refractivity contribution >= 4 is 0 Å². The average Bonchev–Trinajstić information content (AvgIpc) is 2.92. The minimum absolute atomic E-state index is 0.102. The van der Waals surface area contributed by atoms with E-state index in [1.165, 1.54) is 11.1 Å². The molecule has 20 heavy (non-hydrogen) atoms. The summed E-state index contributed by atoms with van der Waals surface area (Å²) in [6.07, 6.45) is 0. The van der Waals surface area contributed by atoms with Crippen LogP contribution >= 0.6 is 0 Å². The van der Waals surface area contributed by atoms with Gasteiger partial charge in [-0.3, -0.25) is 9.80 Å². The molecule has 0 bridgehead atoms. The molecule has 0 aromatic heterocycles. The van der Waals surface area contributed by atoms with Crippen molar-refractivity contribution in [1.82, 2.24) is 9.80 Å². The molecule has 3 N–H and O–H groups in total. The maximum Gasteiger partial charge on any atom is 0.0698 e. The summed E-state index contributed by atoms with van der Waals surface area (Å²) in [7, 11) is 0. The minimum Gasteiger partial charge on any atom is -0.394 e. The molecule has 112 valence electrons. The molecule has 0 atom stereocenters. The molecule has 0 amide bonds. The van der Waals surface area contributed by atoms with Crippen LogP contribution in [0.2, 0.25) is 0 Å². The minimum atomic E-state index is 0.102. The fourth-order valence-corrected chi connectivity index (χ4v) is 2.42. The molecular formula is C15H25N3O2. The Balaban J connectivity index is 1.69. The van der Waals surface area contributed by atoms with Crippen LogP contribution in [0.4, 0.5) is 0 Å². The molecule has 0 aliphatic carbocycles. The Morgan fingerprint density at radius 3 is 2.45 bits per heavy atom. The van der Waals surface area contributed by atoms with Crippen molar-refractivity contribution in [2.45, 2.75) is 13.1 Å². The summed E-state index contributed by atoms with van der Waals surface area (Å²) in [5.74, 6) is 0. The number of hydrogen-bond acceptors (Lipinski definition) is 5. The van der Waals surface area contributed by atoms with Gasteiger partial charge in [0, 0.05) is 32.7 Å². The van der Waals surface area contributed by atoms with Gasteiger partial charge < -0.3 is 15.6 Å². The third-order valence-corrected chi connectivity index (χ3v) is 3.58. The van der Waals surface area contributed by atoms with E-state index in [4.69, 9.17) is 15.6 Å². The van der Waals surface area contributed by atoms with Gasteiger partial charge in [0.25, 0.3) is 0 Å². The second-order valence-electron chi connectivity index (χ2n) is 5.17. The SMILES string of the molecule is NCc1ccc(CN2CCN(CCOCCO)C2)cc1. The Labute approximate surface area is 120 Å². The molecule has 1 aromatic carbocycles. The first kappa shape index (κ1) is 15.4. The standard InChI is InChI=1S/C15H25N3O2/c16-11-14-1-3-15(4-2-14)12-18-6-5-17(13-18)7-9-20-10-8-19/h1-4,19H,5-13,16H2. The number of benzene rings is 1. The van der Waals surface area contributed by atoms with Crippen molar-refractivity contribution in [3.63, 3.8) is 0 Å². The topological polar surface area (TPSA) is 62.0 Å². The zero-order chi connectivity index (χ0) is 14.2. The van der Waals surface area contributed by atoms with E-state index >= 15 is 0 Å². The van der Waals surface area contributed by atoms with Gasteiger partial charge in [0.2, 0.25) is 0 Å². The first-order valence-corrected chi connectivity index (χ1v) is 7.23. The zero-order valence-corrected chi connectivity index (χ0v) is 12.0. The zero-order valence-electron chi connectivity index (χ0n) is 12.0. The molecule has 5 nitrogen and oxygen atoms in total. The highest BCUT2D eigenvalue weighted by atomic mass is 16.5. The second-order valence-corrected chi connectivity index (χ2v) is 5.17. The maximum absolute atomic E-state index is 8.65. The molecule has 0 saturated carbocycles. The number of aliphatic hydroxyl groups is 1. The fourth-order valence-electron chi connectivity index (χ4n) is 2.42. The summed E-state index contributed by atoms with van der Waals surface area (Å²) < 4.78 is 5.30. The lowest BCUT2D eigenvalue weighted by atomic mass is 10.1. The highest BCUT2D eigenvalue weighted by Crippen LogP contribution is 2.11. The first-order valence-electron chi connectivity index (χ1n) is 7.23. The van der Waals surface area contributed by atoms with E-state index in [1.54, 1.807) is 0 Å². The molecule has 2 rings (SSSR count). The lowest BCUT2D eigenvalue weighted by Crippen LogP contribution is -2.28. The molecule has 1 heterocycles. The smallest absolute Gasteiger partial charge is 0.0698 e. The van der Waals surface area contributed by atoms with Crippen LogP contribution in [0, 0.1) is 0 Å². The first-order chi connectivity index (χ1) is 9.81. The normalized spacial score (nSPS) is 16.9. The van der Waals surface area contributed by atoms with Gasteiger partial charge >= 0.3 is 0 Å². The van der Waals surface area contributed by atoms with Gasteiger partial charge in [-0.1, -0.05) is 24.3 Å². The Hall–Kier alpha value is -0.980. The Morgan fingerprint density at radius 1 is 1.05 bits per heavy atom. The molecule has 5 heteroatoms. The van der Waals surface area contributed by atoms with Gasteiger partial charge in [0.05, 0.1) is 26.5 Å². The summed E-state index contributed by atoms with van der Waals surface area (Å²) >= 11 is 0. The lowest BCUT2D eigenvalue weighted by molar-refractivity contribution is 0.0746.